The van der Waals surface area contributed by atoms with Crippen LogP contribution in [0.15, 0.2) is 18.2 Å². The molecule has 0 radical (unpaired) electrons. The third-order valence-electron chi connectivity index (χ3n) is 3.73. The molecule has 1 fully saturated rings. The van der Waals surface area contributed by atoms with E-state index in [1.165, 1.54) is 42.6 Å². The molecule has 2 aliphatic rings. The van der Waals surface area contributed by atoms with Crippen molar-refractivity contribution < 1.29 is 4.74 Å². The predicted octanol–water partition coefficient (Wildman–Crippen LogP) is 1.91. The molecule has 1 N–H and O–H groups in total. The van der Waals surface area contributed by atoms with Gasteiger partial charge in [0.2, 0.25) is 0 Å². The Morgan fingerprint density at radius 2 is 2.31 bits per heavy atom. The minimum absolute atomic E-state index is 0.812. The highest BCUT2D eigenvalue weighted by Gasteiger charge is 2.16. The molecule has 1 aromatic rings. The lowest BCUT2D eigenvalue weighted by molar-refractivity contribution is 0.110. The molecule has 86 valence electrons. The smallest absolute Gasteiger partial charge is 0.0719 e. The van der Waals surface area contributed by atoms with Crippen LogP contribution in [0.1, 0.15) is 23.1 Å². The van der Waals surface area contributed by atoms with Crippen LogP contribution in [0.4, 0.5) is 0 Å². The van der Waals surface area contributed by atoms with Crippen molar-refractivity contribution in [1.29, 1.82) is 0 Å². The fourth-order valence-electron chi connectivity index (χ4n) is 2.77. The van der Waals surface area contributed by atoms with Crippen molar-refractivity contribution in [3.05, 3.63) is 34.9 Å². The van der Waals surface area contributed by atoms with Gasteiger partial charge in [-0.3, -0.25) is 0 Å². The second-order valence-corrected chi connectivity index (χ2v) is 4.97. The van der Waals surface area contributed by atoms with Gasteiger partial charge < -0.3 is 10.1 Å². The average molecular weight is 217 g/mol. The fraction of sp³-hybridized carbons (Fsp3) is 0.571. The predicted molar refractivity (Wildman–Crippen MR) is 64.5 cm³/mol. The van der Waals surface area contributed by atoms with E-state index < -0.39 is 0 Å². The van der Waals surface area contributed by atoms with Crippen LogP contribution in [0.3, 0.4) is 0 Å². The molecule has 2 heteroatoms. The molecule has 0 aromatic heterocycles. The summed E-state index contributed by atoms with van der Waals surface area (Å²) in [6, 6.07) is 6.96. The summed E-state index contributed by atoms with van der Waals surface area (Å²) in [7, 11) is 0. The molecule has 1 unspecified atom stereocenters. The number of rotatable bonds is 2. The topological polar surface area (TPSA) is 21.3 Å². The van der Waals surface area contributed by atoms with Crippen molar-refractivity contribution in [3.63, 3.8) is 0 Å². The van der Waals surface area contributed by atoms with Crippen molar-refractivity contribution >= 4 is 0 Å². The van der Waals surface area contributed by atoms with Gasteiger partial charge in [0, 0.05) is 0 Å². The van der Waals surface area contributed by atoms with Gasteiger partial charge in [-0.2, -0.15) is 0 Å². The molecule has 0 amide bonds. The molecule has 2 heterocycles. The quantitative estimate of drug-likeness (QED) is 0.817. The first-order valence-electron chi connectivity index (χ1n) is 6.31. The van der Waals surface area contributed by atoms with E-state index in [2.05, 4.69) is 23.5 Å². The maximum absolute atomic E-state index is 5.51. The van der Waals surface area contributed by atoms with Crippen LogP contribution in [0.25, 0.3) is 0 Å². The minimum Gasteiger partial charge on any atom is -0.376 e. The first-order chi connectivity index (χ1) is 7.92. The summed E-state index contributed by atoms with van der Waals surface area (Å²) in [5.74, 6) is 0.836. The summed E-state index contributed by atoms with van der Waals surface area (Å²) >= 11 is 0. The van der Waals surface area contributed by atoms with Crippen LogP contribution in [-0.2, 0) is 24.2 Å². The van der Waals surface area contributed by atoms with Crippen LogP contribution in [0.2, 0.25) is 0 Å². The monoisotopic (exact) mass is 217 g/mol. The normalized spacial score (nSPS) is 24.4. The highest BCUT2D eigenvalue weighted by molar-refractivity contribution is 5.33. The molecule has 1 atom stereocenters. The molecular formula is C14H19NO. The maximum atomic E-state index is 5.51. The maximum Gasteiger partial charge on any atom is 0.0719 e. The van der Waals surface area contributed by atoms with Crippen molar-refractivity contribution in [1.82, 2.24) is 5.32 Å². The van der Waals surface area contributed by atoms with Gasteiger partial charge in [0.05, 0.1) is 13.2 Å². The van der Waals surface area contributed by atoms with E-state index >= 15 is 0 Å². The zero-order valence-electron chi connectivity index (χ0n) is 9.67. The molecule has 1 saturated heterocycles. The van der Waals surface area contributed by atoms with Gasteiger partial charge in [-0.15, -0.1) is 0 Å². The van der Waals surface area contributed by atoms with Gasteiger partial charge in [-0.1, -0.05) is 18.2 Å². The summed E-state index contributed by atoms with van der Waals surface area (Å²) < 4.78 is 5.51. The van der Waals surface area contributed by atoms with E-state index in [9.17, 15) is 0 Å². The van der Waals surface area contributed by atoms with Gasteiger partial charge in [-0.25, -0.2) is 0 Å². The molecule has 1 aromatic carbocycles. The number of ether oxygens (including phenoxy) is 1. The SMILES string of the molecule is c1cc2c(cc1CC1CCNC1)COCC2. The molecule has 2 aliphatic heterocycles. The molecule has 16 heavy (non-hydrogen) atoms. The Labute approximate surface area is 97.0 Å². The van der Waals surface area contributed by atoms with E-state index in [0.29, 0.717) is 0 Å². The summed E-state index contributed by atoms with van der Waals surface area (Å²) in [5.41, 5.74) is 4.38. The van der Waals surface area contributed by atoms with E-state index in [-0.39, 0.29) is 0 Å². The third kappa shape index (κ3) is 2.13. The lowest BCUT2D eigenvalue weighted by Gasteiger charge is -2.18. The van der Waals surface area contributed by atoms with Crippen molar-refractivity contribution in [2.45, 2.75) is 25.9 Å². The van der Waals surface area contributed by atoms with Crippen molar-refractivity contribution in [2.24, 2.45) is 5.92 Å². The van der Waals surface area contributed by atoms with Crippen LogP contribution in [0, 0.1) is 5.92 Å². The number of hydrogen-bond acceptors (Lipinski definition) is 2. The summed E-state index contributed by atoms with van der Waals surface area (Å²) in [5, 5.41) is 3.43. The summed E-state index contributed by atoms with van der Waals surface area (Å²) in [6.45, 7) is 4.08. The van der Waals surface area contributed by atoms with Gasteiger partial charge >= 0.3 is 0 Å². The summed E-state index contributed by atoms with van der Waals surface area (Å²) in [6.07, 6.45) is 3.63. The minimum atomic E-state index is 0.812. The largest absolute Gasteiger partial charge is 0.376 e. The van der Waals surface area contributed by atoms with E-state index in [1.54, 1.807) is 0 Å². The second kappa shape index (κ2) is 4.56. The molecular weight excluding hydrogens is 198 g/mol. The zero-order chi connectivity index (χ0) is 10.8. The average Bonchev–Trinajstić information content (AvgIpc) is 2.82. The van der Waals surface area contributed by atoms with E-state index in [4.69, 9.17) is 4.74 Å². The summed E-state index contributed by atoms with van der Waals surface area (Å²) in [4.78, 5) is 0. The van der Waals surface area contributed by atoms with Gasteiger partial charge in [0.25, 0.3) is 0 Å². The highest BCUT2D eigenvalue weighted by Crippen LogP contribution is 2.21. The van der Waals surface area contributed by atoms with Crippen molar-refractivity contribution in [3.8, 4) is 0 Å². The Bertz CT molecular complexity index is 369. The number of hydrogen-bond donors (Lipinski definition) is 1. The Hall–Kier alpha value is -0.860. The van der Waals surface area contributed by atoms with Gasteiger partial charge in [0.15, 0.2) is 0 Å². The Morgan fingerprint density at radius 3 is 3.19 bits per heavy atom. The Balaban J connectivity index is 1.74. The first-order valence-corrected chi connectivity index (χ1v) is 6.31. The number of nitrogens with one attached hydrogen (secondary N) is 1. The van der Waals surface area contributed by atoms with Crippen LogP contribution in [0.5, 0.6) is 0 Å². The van der Waals surface area contributed by atoms with Gasteiger partial charge in [0.1, 0.15) is 0 Å². The molecule has 0 spiro atoms. The van der Waals surface area contributed by atoms with Crippen molar-refractivity contribution in [2.75, 3.05) is 19.7 Å². The lowest BCUT2D eigenvalue weighted by Crippen LogP contribution is -2.12. The molecule has 2 nitrogen and oxygen atoms in total. The van der Waals surface area contributed by atoms with E-state index in [1.807, 2.05) is 0 Å². The highest BCUT2D eigenvalue weighted by atomic mass is 16.5. The molecule has 0 bridgehead atoms. The fourth-order valence-corrected chi connectivity index (χ4v) is 2.77. The lowest BCUT2D eigenvalue weighted by atomic mass is 9.94. The second-order valence-electron chi connectivity index (χ2n) is 4.97. The van der Waals surface area contributed by atoms with Crippen LogP contribution >= 0.6 is 0 Å². The third-order valence-corrected chi connectivity index (χ3v) is 3.73. The Morgan fingerprint density at radius 1 is 1.31 bits per heavy atom. The van der Waals surface area contributed by atoms with E-state index in [0.717, 1.165) is 25.6 Å². The van der Waals surface area contributed by atoms with Crippen LogP contribution in [-0.4, -0.2) is 19.7 Å². The first kappa shape index (κ1) is 10.3. The zero-order valence-corrected chi connectivity index (χ0v) is 9.67. The molecule has 0 aliphatic carbocycles. The van der Waals surface area contributed by atoms with Crippen LogP contribution < -0.4 is 5.32 Å². The number of fused-ring (bicyclic) bond motifs is 1. The standard InChI is InChI=1S/C14H19NO/c1-2-13-4-6-16-10-14(13)8-11(1)7-12-3-5-15-9-12/h1-2,8,12,15H,3-7,9-10H2. The number of benzene rings is 1. The van der Waals surface area contributed by atoms with Gasteiger partial charge in [-0.05, 0) is 55.0 Å². The molecule has 0 saturated carbocycles. The molecule has 3 rings (SSSR count). The Kier molecular flexibility index (Phi) is 2.94.